The van der Waals surface area contributed by atoms with Gasteiger partial charge in [-0.25, -0.2) is 0 Å². The van der Waals surface area contributed by atoms with Crippen molar-refractivity contribution in [2.24, 2.45) is 5.92 Å². The lowest BCUT2D eigenvalue weighted by atomic mass is 9.99. The quantitative estimate of drug-likeness (QED) is 0.875. The first-order valence-corrected chi connectivity index (χ1v) is 8.40. The van der Waals surface area contributed by atoms with Crippen LogP contribution >= 0.6 is 11.6 Å². The van der Waals surface area contributed by atoms with Crippen molar-refractivity contribution < 1.29 is 9.53 Å². The van der Waals surface area contributed by atoms with Gasteiger partial charge < -0.3 is 15.0 Å². The normalized spacial score (nSPS) is 16.4. The summed E-state index contributed by atoms with van der Waals surface area (Å²) in [4.78, 5) is 14.4. The first-order valence-electron chi connectivity index (χ1n) is 8.02. The van der Waals surface area contributed by atoms with Crippen LogP contribution in [0.15, 0.2) is 18.2 Å². The molecule has 1 atom stereocenters. The fourth-order valence-electron chi connectivity index (χ4n) is 2.73. The molecule has 1 fully saturated rings. The monoisotopic (exact) mass is 324 g/mol. The molecule has 0 saturated carbocycles. The lowest BCUT2D eigenvalue weighted by Gasteiger charge is -2.29. The molecule has 4 nitrogen and oxygen atoms in total. The molecule has 1 aromatic rings. The van der Waals surface area contributed by atoms with Crippen molar-refractivity contribution in [2.75, 3.05) is 32.8 Å². The number of ether oxygens (including phenoxy) is 1. The summed E-state index contributed by atoms with van der Waals surface area (Å²) in [6.45, 7) is 8.01. The summed E-state index contributed by atoms with van der Waals surface area (Å²) in [6.07, 6.45) is 1.61. The van der Waals surface area contributed by atoms with E-state index < -0.39 is 0 Å². The lowest BCUT2D eigenvalue weighted by molar-refractivity contribution is -0.135. The Hall–Kier alpha value is -1.26. The smallest absolute Gasteiger partial charge is 0.225 e. The second-order valence-electron chi connectivity index (χ2n) is 5.70. The van der Waals surface area contributed by atoms with Crippen molar-refractivity contribution in [2.45, 2.75) is 26.7 Å². The van der Waals surface area contributed by atoms with E-state index in [9.17, 15) is 4.79 Å². The Morgan fingerprint density at radius 3 is 2.82 bits per heavy atom. The summed E-state index contributed by atoms with van der Waals surface area (Å²) in [5.74, 6) is 1.14. The van der Waals surface area contributed by atoms with Gasteiger partial charge >= 0.3 is 0 Å². The molecule has 1 saturated heterocycles. The zero-order valence-corrected chi connectivity index (χ0v) is 14.2. The SMILES string of the molecule is CCOc1ccc(Cl)cc1CCC(C)C(=O)N1CCNCC1. The van der Waals surface area contributed by atoms with Gasteiger partial charge in [-0.1, -0.05) is 18.5 Å². The minimum Gasteiger partial charge on any atom is -0.494 e. The first kappa shape index (κ1) is 17.1. The predicted octanol–water partition coefficient (Wildman–Crippen LogP) is 2.74. The van der Waals surface area contributed by atoms with Gasteiger partial charge in [0.15, 0.2) is 0 Å². The van der Waals surface area contributed by atoms with E-state index in [1.807, 2.05) is 36.9 Å². The van der Waals surface area contributed by atoms with Gasteiger partial charge in [0.1, 0.15) is 5.75 Å². The summed E-state index contributed by atoms with van der Waals surface area (Å²) in [6, 6.07) is 5.68. The standard InChI is InChI=1S/C17H25ClN2O2/c1-3-22-16-7-6-15(18)12-14(16)5-4-13(2)17(21)20-10-8-19-9-11-20/h6-7,12-13,19H,3-5,8-11H2,1-2H3. The number of benzene rings is 1. The van der Waals surface area contributed by atoms with Gasteiger partial charge in [0.25, 0.3) is 0 Å². The molecular weight excluding hydrogens is 300 g/mol. The minimum atomic E-state index is 0.0200. The van der Waals surface area contributed by atoms with Crippen LogP contribution in [-0.4, -0.2) is 43.6 Å². The molecule has 0 aromatic heterocycles. The van der Waals surface area contributed by atoms with Gasteiger partial charge in [0, 0.05) is 37.1 Å². The van der Waals surface area contributed by atoms with E-state index in [0.717, 1.165) is 50.3 Å². The summed E-state index contributed by atoms with van der Waals surface area (Å²) in [7, 11) is 0. The number of nitrogens with zero attached hydrogens (tertiary/aromatic N) is 1. The molecule has 0 bridgehead atoms. The molecule has 0 aliphatic carbocycles. The Bertz CT molecular complexity index is 501. The highest BCUT2D eigenvalue weighted by Gasteiger charge is 2.22. The molecule has 1 N–H and O–H groups in total. The Morgan fingerprint density at radius 1 is 1.41 bits per heavy atom. The third-order valence-electron chi connectivity index (χ3n) is 4.02. The predicted molar refractivity (Wildman–Crippen MR) is 89.6 cm³/mol. The molecule has 0 radical (unpaired) electrons. The largest absolute Gasteiger partial charge is 0.494 e. The number of halogens is 1. The minimum absolute atomic E-state index is 0.0200. The zero-order chi connectivity index (χ0) is 15.9. The molecule has 122 valence electrons. The summed E-state index contributed by atoms with van der Waals surface area (Å²) < 4.78 is 5.64. The van der Waals surface area contributed by atoms with E-state index in [4.69, 9.17) is 16.3 Å². The Kier molecular flexibility index (Phi) is 6.52. The van der Waals surface area contributed by atoms with Crippen LogP contribution in [-0.2, 0) is 11.2 Å². The zero-order valence-electron chi connectivity index (χ0n) is 13.4. The van der Waals surface area contributed by atoms with E-state index in [2.05, 4.69) is 5.32 Å². The van der Waals surface area contributed by atoms with Crippen LogP contribution in [0.4, 0.5) is 0 Å². The van der Waals surface area contributed by atoms with Crippen molar-refractivity contribution in [3.05, 3.63) is 28.8 Å². The van der Waals surface area contributed by atoms with Crippen LogP contribution in [0.3, 0.4) is 0 Å². The second-order valence-corrected chi connectivity index (χ2v) is 6.14. The van der Waals surface area contributed by atoms with Gasteiger partial charge in [0.2, 0.25) is 5.91 Å². The van der Waals surface area contributed by atoms with Crippen LogP contribution in [0, 0.1) is 5.92 Å². The number of aryl methyl sites for hydroxylation is 1. The van der Waals surface area contributed by atoms with Crippen molar-refractivity contribution in [3.8, 4) is 5.75 Å². The average molecular weight is 325 g/mol. The highest BCUT2D eigenvalue weighted by atomic mass is 35.5. The van der Waals surface area contributed by atoms with Gasteiger partial charge in [-0.05, 0) is 43.5 Å². The third-order valence-corrected chi connectivity index (χ3v) is 4.25. The fraction of sp³-hybridized carbons (Fsp3) is 0.588. The number of nitrogens with one attached hydrogen (secondary N) is 1. The van der Waals surface area contributed by atoms with Crippen LogP contribution in [0.5, 0.6) is 5.75 Å². The van der Waals surface area contributed by atoms with Crippen molar-refractivity contribution in [1.82, 2.24) is 10.2 Å². The molecule has 1 aliphatic rings. The van der Waals surface area contributed by atoms with Crippen molar-refractivity contribution in [1.29, 1.82) is 0 Å². The average Bonchev–Trinajstić information content (AvgIpc) is 2.55. The van der Waals surface area contributed by atoms with Crippen LogP contribution in [0.2, 0.25) is 5.02 Å². The summed E-state index contributed by atoms with van der Waals surface area (Å²) >= 11 is 6.08. The molecule has 1 heterocycles. The number of carbonyl (C=O) groups excluding carboxylic acids is 1. The van der Waals surface area contributed by atoms with E-state index in [0.29, 0.717) is 11.6 Å². The van der Waals surface area contributed by atoms with Gasteiger partial charge in [-0.15, -0.1) is 0 Å². The van der Waals surface area contributed by atoms with E-state index in [-0.39, 0.29) is 11.8 Å². The number of carbonyl (C=O) groups is 1. The third kappa shape index (κ3) is 4.62. The fourth-order valence-corrected chi connectivity index (χ4v) is 2.93. The van der Waals surface area contributed by atoms with E-state index in [1.54, 1.807) is 0 Å². The maximum atomic E-state index is 12.4. The van der Waals surface area contributed by atoms with E-state index in [1.165, 1.54) is 0 Å². The molecule has 2 rings (SSSR count). The van der Waals surface area contributed by atoms with Crippen LogP contribution < -0.4 is 10.1 Å². The number of amides is 1. The van der Waals surface area contributed by atoms with Gasteiger partial charge in [0.05, 0.1) is 6.61 Å². The summed E-state index contributed by atoms with van der Waals surface area (Å²) in [5.41, 5.74) is 1.08. The van der Waals surface area contributed by atoms with E-state index >= 15 is 0 Å². The second kappa shape index (κ2) is 8.39. The number of hydrogen-bond acceptors (Lipinski definition) is 3. The maximum absolute atomic E-state index is 12.4. The molecule has 22 heavy (non-hydrogen) atoms. The molecular formula is C17H25ClN2O2. The molecule has 5 heteroatoms. The number of piperazine rings is 1. The molecule has 1 amide bonds. The maximum Gasteiger partial charge on any atom is 0.225 e. The van der Waals surface area contributed by atoms with Crippen LogP contribution in [0.25, 0.3) is 0 Å². The molecule has 0 spiro atoms. The summed E-state index contributed by atoms with van der Waals surface area (Å²) in [5, 5.41) is 3.98. The highest BCUT2D eigenvalue weighted by molar-refractivity contribution is 6.30. The first-order chi connectivity index (χ1) is 10.6. The van der Waals surface area contributed by atoms with Crippen LogP contribution in [0.1, 0.15) is 25.8 Å². The molecule has 1 unspecified atom stereocenters. The topological polar surface area (TPSA) is 41.6 Å². The van der Waals surface area contributed by atoms with Gasteiger partial charge in [-0.2, -0.15) is 0 Å². The number of hydrogen-bond donors (Lipinski definition) is 1. The Morgan fingerprint density at radius 2 is 2.14 bits per heavy atom. The van der Waals surface area contributed by atoms with Gasteiger partial charge in [-0.3, -0.25) is 4.79 Å². The highest BCUT2D eigenvalue weighted by Crippen LogP contribution is 2.25. The molecule has 1 aromatic carbocycles. The van der Waals surface area contributed by atoms with Crippen molar-refractivity contribution >= 4 is 17.5 Å². The Balaban J connectivity index is 1.93. The van der Waals surface area contributed by atoms with Crippen molar-refractivity contribution in [3.63, 3.8) is 0 Å². The lowest BCUT2D eigenvalue weighted by Crippen LogP contribution is -2.48. The Labute approximate surface area is 137 Å². The molecule has 1 aliphatic heterocycles. The number of rotatable bonds is 6.